The molecule has 2 aliphatic heterocycles. The molecule has 0 radical (unpaired) electrons. The lowest BCUT2D eigenvalue weighted by atomic mass is 9.89. The first-order valence-corrected chi connectivity index (χ1v) is 8.38. The van der Waals surface area contributed by atoms with Gasteiger partial charge in [0.1, 0.15) is 0 Å². The fraction of sp³-hybridized carbons (Fsp3) is 0.611. The molecule has 4 heteroatoms. The summed E-state index contributed by atoms with van der Waals surface area (Å²) in [5, 5.41) is 12.5. The second kappa shape index (κ2) is 6.80. The molecule has 3 unspecified atom stereocenters. The topological polar surface area (TPSA) is 52.6 Å². The molecule has 2 aliphatic rings. The number of benzene rings is 1. The number of carboxylic acids is 1. The van der Waals surface area contributed by atoms with E-state index in [9.17, 15) is 4.79 Å². The number of hydrogen-bond donors (Lipinski definition) is 2. The highest BCUT2D eigenvalue weighted by atomic mass is 16.4. The molecule has 22 heavy (non-hydrogen) atoms. The quantitative estimate of drug-likeness (QED) is 0.901. The SMILES string of the molecule is CN1CCCC(c2cccc(C3CC(C(=O)O)CN3)c2)CC1. The highest BCUT2D eigenvalue weighted by Crippen LogP contribution is 2.32. The van der Waals surface area contributed by atoms with Crippen molar-refractivity contribution in [3.8, 4) is 0 Å². The van der Waals surface area contributed by atoms with Gasteiger partial charge < -0.3 is 15.3 Å². The molecule has 2 N–H and O–H groups in total. The molecule has 2 saturated heterocycles. The summed E-state index contributed by atoms with van der Waals surface area (Å²) in [5.74, 6) is -0.292. The van der Waals surface area contributed by atoms with Crippen LogP contribution in [0, 0.1) is 5.92 Å². The fourth-order valence-electron chi connectivity index (χ4n) is 3.78. The summed E-state index contributed by atoms with van der Waals surface area (Å²) in [4.78, 5) is 13.5. The van der Waals surface area contributed by atoms with Crippen molar-refractivity contribution in [3.05, 3.63) is 35.4 Å². The van der Waals surface area contributed by atoms with Crippen molar-refractivity contribution in [2.75, 3.05) is 26.7 Å². The van der Waals surface area contributed by atoms with E-state index in [-0.39, 0.29) is 12.0 Å². The second-order valence-corrected chi connectivity index (χ2v) is 6.83. The van der Waals surface area contributed by atoms with Crippen molar-refractivity contribution in [1.82, 2.24) is 10.2 Å². The van der Waals surface area contributed by atoms with Gasteiger partial charge in [-0.25, -0.2) is 0 Å². The van der Waals surface area contributed by atoms with Crippen LogP contribution in [0.3, 0.4) is 0 Å². The number of aliphatic carboxylic acids is 1. The minimum atomic E-state index is -0.682. The van der Waals surface area contributed by atoms with Crippen LogP contribution in [0.4, 0.5) is 0 Å². The summed E-state index contributed by atoms with van der Waals surface area (Å²) in [7, 11) is 2.20. The van der Waals surface area contributed by atoms with Gasteiger partial charge >= 0.3 is 5.97 Å². The highest BCUT2D eigenvalue weighted by molar-refractivity contribution is 5.70. The van der Waals surface area contributed by atoms with E-state index >= 15 is 0 Å². The molecule has 1 aromatic rings. The Morgan fingerprint density at radius 1 is 1.27 bits per heavy atom. The van der Waals surface area contributed by atoms with Crippen LogP contribution < -0.4 is 5.32 Å². The molecule has 120 valence electrons. The smallest absolute Gasteiger partial charge is 0.307 e. The number of carboxylic acid groups (broad SMARTS) is 1. The summed E-state index contributed by atoms with van der Waals surface area (Å²) in [5.41, 5.74) is 2.67. The number of nitrogens with zero attached hydrogens (tertiary/aromatic N) is 1. The summed E-state index contributed by atoms with van der Waals surface area (Å²) < 4.78 is 0. The standard InChI is InChI=1S/C18H26N2O2/c1-20-8-3-6-13(7-9-20)14-4-2-5-15(10-14)17-11-16(12-19-17)18(21)22/h2,4-5,10,13,16-17,19H,3,6-9,11-12H2,1H3,(H,21,22). The minimum absolute atomic E-state index is 0.189. The van der Waals surface area contributed by atoms with Crippen LogP contribution in [0.15, 0.2) is 24.3 Å². The summed E-state index contributed by atoms with van der Waals surface area (Å²) in [6.45, 7) is 2.94. The molecular weight excluding hydrogens is 276 g/mol. The Bertz CT molecular complexity index is 532. The van der Waals surface area contributed by atoms with Crippen LogP contribution in [0.5, 0.6) is 0 Å². The Labute approximate surface area is 132 Å². The normalized spacial score (nSPS) is 30.1. The molecule has 2 fully saturated rings. The summed E-state index contributed by atoms with van der Waals surface area (Å²) >= 11 is 0. The van der Waals surface area contributed by atoms with E-state index in [1.54, 1.807) is 0 Å². The maximum Gasteiger partial charge on any atom is 0.307 e. The molecule has 4 nitrogen and oxygen atoms in total. The van der Waals surface area contributed by atoms with Crippen molar-refractivity contribution in [3.63, 3.8) is 0 Å². The lowest BCUT2D eigenvalue weighted by Gasteiger charge is -2.18. The van der Waals surface area contributed by atoms with Crippen LogP contribution in [-0.2, 0) is 4.79 Å². The Morgan fingerprint density at radius 3 is 2.86 bits per heavy atom. The first-order valence-electron chi connectivity index (χ1n) is 8.38. The zero-order valence-electron chi connectivity index (χ0n) is 13.3. The lowest BCUT2D eigenvalue weighted by Crippen LogP contribution is -2.18. The molecule has 0 spiro atoms. The van der Waals surface area contributed by atoms with Gasteiger partial charge in [0, 0.05) is 12.6 Å². The van der Waals surface area contributed by atoms with Crippen molar-refractivity contribution >= 4 is 5.97 Å². The first kappa shape index (κ1) is 15.5. The Balaban J connectivity index is 1.71. The maximum absolute atomic E-state index is 11.1. The van der Waals surface area contributed by atoms with E-state index in [1.165, 1.54) is 36.9 Å². The van der Waals surface area contributed by atoms with Crippen LogP contribution >= 0.6 is 0 Å². The zero-order chi connectivity index (χ0) is 15.5. The predicted molar refractivity (Wildman–Crippen MR) is 87.0 cm³/mol. The average Bonchev–Trinajstić information content (AvgIpc) is 2.91. The molecule has 0 aromatic heterocycles. The third-order valence-corrected chi connectivity index (χ3v) is 5.22. The van der Waals surface area contributed by atoms with Gasteiger partial charge in [0.25, 0.3) is 0 Å². The van der Waals surface area contributed by atoms with E-state index < -0.39 is 5.97 Å². The van der Waals surface area contributed by atoms with Crippen LogP contribution in [-0.4, -0.2) is 42.7 Å². The third-order valence-electron chi connectivity index (χ3n) is 5.22. The predicted octanol–water partition coefficient (Wildman–Crippen LogP) is 2.62. The van der Waals surface area contributed by atoms with E-state index in [0.29, 0.717) is 18.9 Å². The van der Waals surface area contributed by atoms with E-state index in [4.69, 9.17) is 5.11 Å². The average molecular weight is 302 g/mol. The molecule has 0 bridgehead atoms. The molecule has 3 atom stereocenters. The van der Waals surface area contributed by atoms with Crippen LogP contribution in [0.1, 0.15) is 48.8 Å². The highest BCUT2D eigenvalue weighted by Gasteiger charge is 2.30. The monoisotopic (exact) mass is 302 g/mol. The largest absolute Gasteiger partial charge is 0.481 e. The van der Waals surface area contributed by atoms with Gasteiger partial charge in [-0.3, -0.25) is 4.79 Å². The van der Waals surface area contributed by atoms with Gasteiger partial charge in [0.2, 0.25) is 0 Å². The van der Waals surface area contributed by atoms with Crippen molar-refractivity contribution < 1.29 is 9.90 Å². The molecule has 0 saturated carbocycles. The molecule has 0 aliphatic carbocycles. The van der Waals surface area contributed by atoms with Gasteiger partial charge in [-0.2, -0.15) is 0 Å². The number of hydrogen-bond acceptors (Lipinski definition) is 3. The minimum Gasteiger partial charge on any atom is -0.481 e. The zero-order valence-corrected chi connectivity index (χ0v) is 13.3. The number of carbonyl (C=O) groups is 1. The van der Waals surface area contributed by atoms with Crippen LogP contribution in [0.2, 0.25) is 0 Å². The van der Waals surface area contributed by atoms with Crippen LogP contribution in [0.25, 0.3) is 0 Å². The molecule has 2 heterocycles. The Hall–Kier alpha value is -1.39. The molecule has 3 rings (SSSR count). The van der Waals surface area contributed by atoms with E-state index in [2.05, 4.69) is 41.5 Å². The molecular formula is C18H26N2O2. The van der Waals surface area contributed by atoms with E-state index in [0.717, 1.165) is 6.54 Å². The second-order valence-electron chi connectivity index (χ2n) is 6.83. The molecule has 0 amide bonds. The molecule has 1 aromatic carbocycles. The Morgan fingerprint density at radius 2 is 2.09 bits per heavy atom. The number of nitrogens with one attached hydrogen (secondary N) is 1. The van der Waals surface area contributed by atoms with Gasteiger partial charge in [-0.1, -0.05) is 24.3 Å². The van der Waals surface area contributed by atoms with Crippen molar-refractivity contribution in [2.24, 2.45) is 5.92 Å². The van der Waals surface area contributed by atoms with Crippen molar-refractivity contribution in [2.45, 2.75) is 37.6 Å². The third kappa shape index (κ3) is 3.50. The number of likely N-dealkylation sites (tertiary alicyclic amines) is 1. The van der Waals surface area contributed by atoms with Gasteiger partial charge in [0.05, 0.1) is 5.92 Å². The van der Waals surface area contributed by atoms with Gasteiger partial charge in [0.15, 0.2) is 0 Å². The fourth-order valence-corrected chi connectivity index (χ4v) is 3.78. The Kier molecular flexibility index (Phi) is 4.79. The van der Waals surface area contributed by atoms with E-state index in [1.807, 2.05) is 0 Å². The van der Waals surface area contributed by atoms with Gasteiger partial charge in [-0.05, 0) is 62.9 Å². The first-order chi connectivity index (χ1) is 10.6. The lowest BCUT2D eigenvalue weighted by molar-refractivity contribution is -0.141. The number of rotatable bonds is 3. The maximum atomic E-state index is 11.1. The summed E-state index contributed by atoms with van der Waals surface area (Å²) in [6.07, 6.45) is 4.43. The summed E-state index contributed by atoms with van der Waals surface area (Å²) in [6, 6.07) is 9.00. The van der Waals surface area contributed by atoms with Gasteiger partial charge in [-0.15, -0.1) is 0 Å². The van der Waals surface area contributed by atoms with Crippen molar-refractivity contribution in [1.29, 1.82) is 0 Å².